The number of hydrogen-bond acceptors (Lipinski definition) is 3. The number of nitrogens with zero attached hydrogens (tertiary/aromatic N) is 3. The lowest BCUT2D eigenvalue weighted by Crippen LogP contribution is -2.26. The Labute approximate surface area is 299 Å². The predicted molar refractivity (Wildman–Crippen MR) is 215 cm³/mol. The molecule has 11 rings (SSSR count). The average Bonchev–Trinajstić information content (AvgIpc) is 3.71. The summed E-state index contributed by atoms with van der Waals surface area (Å²) in [5, 5.41) is 7.44. The summed E-state index contributed by atoms with van der Waals surface area (Å²) in [4.78, 5) is 11.7. The van der Waals surface area contributed by atoms with Crippen molar-refractivity contribution < 1.29 is 0 Å². The molecule has 3 nitrogen and oxygen atoms in total. The van der Waals surface area contributed by atoms with E-state index in [2.05, 4.69) is 170 Å². The van der Waals surface area contributed by atoms with Crippen LogP contribution in [0.1, 0.15) is 25.0 Å². The van der Waals surface area contributed by atoms with Crippen molar-refractivity contribution in [3.63, 3.8) is 0 Å². The summed E-state index contributed by atoms with van der Waals surface area (Å²) in [6.07, 6.45) is 0. The van der Waals surface area contributed by atoms with E-state index in [4.69, 9.17) is 9.97 Å². The summed E-state index contributed by atoms with van der Waals surface area (Å²) in [5.41, 5.74) is 11.5. The molecule has 1 aliphatic heterocycles. The maximum atomic E-state index is 5.29. The van der Waals surface area contributed by atoms with E-state index in [-0.39, 0.29) is 5.41 Å². The van der Waals surface area contributed by atoms with Crippen molar-refractivity contribution in [1.29, 1.82) is 0 Å². The first-order valence-electron chi connectivity index (χ1n) is 17.5. The average molecular weight is 670 g/mol. The summed E-state index contributed by atoms with van der Waals surface area (Å²) in [6.45, 7) is 4.76. The fourth-order valence-electron chi connectivity index (χ4n) is 8.51. The van der Waals surface area contributed by atoms with Crippen LogP contribution in [0.5, 0.6) is 0 Å². The summed E-state index contributed by atoms with van der Waals surface area (Å²) >= 11 is 1.90. The Kier molecular flexibility index (Phi) is 5.89. The second-order valence-corrected chi connectivity index (χ2v) is 15.2. The number of benzene rings is 7. The monoisotopic (exact) mass is 669 g/mol. The van der Waals surface area contributed by atoms with E-state index in [0.29, 0.717) is 0 Å². The minimum Gasteiger partial charge on any atom is -0.300 e. The zero-order valence-electron chi connectivity index (χ0n) is 28.2. The molecule has 0 radical (unpaired) electrons. The Morgan fingerprint density at radius 1 is 0.549 bits per heavy atom. The van der Waals surface area contributed by atoms with Gasteiger partial charge in [-0.15, -0.1) is 11.3 Å². The first kappa shape index (κ1) is 28.7. The number of hydrogen-bond donors (Lipinski definition) is 0. The number of thiophene rings is 1. The van der Waals surface area contributed by atoms with Crippen LogP contribution in [0, 0.1) is 0 Å². The van der Waals surface area contributed by atoms with Gasteiger partial charge in [-0.1, -0.05) is 135 Å². The van der Waals surface area contributed by atoms with Crippen LogP contribution in [0.2, 0.25) is 0 Å². The van der Waals surface area contributed by atoms with Crippen molar-refractivity contribution in [2.75, 3.05) is 0 Å². The van der Waals surface area contributed by atoms with Gasteiger partial charge in [0.2, 0.25) is 0 Å². The molecule has 0 saturated heterocycles. The first-order valence-corrected chi connectivity index (χ1v) is 18.3. The molecule has 0 atom stereocenters. The molecule has 0 bridgehead atoms. The number of fused-ring (bicyclic) bond motifs is 9. The van der Waals surface area contributed by atoms with Crippen molar-refractivity contribution in [1.82, 2.24) is 14.5 Å². The minimum absolute atomic E-state index is 0.176. The minimum atomic E-state index is -0.176. The maximum Gasteiger partial charge on any atom is 0.161 e. The molecule has 0 unspecified atom stereocenters. The molecule has 10 aromatic rings. The van der Waals surface area contributed by atoms with E-state index in [1.54, 1.807) is 0 Å². The largest absolute Gasteiger partial charge is 0.300 e. The molecule has 1 aliphatic rings. The number of para-hydroxylation sites is 2. The standard InChI is InChI=1S/C47H31N3S/c1-47(2)37-21-11-20-36-42-35-18-6-8-23-41(35)51-46(42)50(44(36)37)40-25-24-30(27-38(40)47)29-14-9-15-31(26-29)43-34-17-5-7-22-39(34)48-45(49-43)33-19-10-13-28-12-3-4-16-32(28)33/h3-27H,1-2H3. The fourth-order valence-corrected chi connectivity index (χ4v) is 9.75. The van der Waals surface area contributed by atoms with Gasteiger partial charge in [-0.25, -0.2) is 9.97 Å². The Hall–Kier alpha value is -6.10. The van der Waals surface area contributed by atoms with Gasteiger partial charge in [0.05, 0.1) is 22.4 Å². The summed E-state index contributed by atoms with van der Waals surface area (Å²) in [6, 6.07) is 54.8. The van der Waals surface area contributed by atoms with Crippen LogP contribution in [-0.4, -0.2) is 14.5 Å². The van der Waals surface area contributed by atoms with Crippen molar-refractivity contribution in [3.8, 4) is 39.5 Å². The van der Waals surface area contributed by atoms with Crippen LogP contribution in [-0.2, 0) is 5.41 Å². The highest BCUT2D eigenvalue weighted by atomic mass is 32.1. The molecule has 51 heavy (non-hydrogen) atoms. The van der Waals surface area contributed by atoms with E-state index in [0.717, 1.165) is 38.9 Å². The zero-order chi connectivity index (χ0) is 33.8. The molecule has 240 valence electrons. The molecule has 0 saturated carbocycles. The molecule has 3 aromatic heterocycles. The Bertz CT molecular complexity index is 3070. The molecule has 0 fully saturated rings. The molecule has 0 spiro atoms. The Morgan fingerprint density at radius 3 is 2.18 bits per heavy atom. The molecular weight excluding hydrogens is 639 g/mol. The number of aromatic nitrogens is 3. The lowest BCUT2D eigenvalue weighted by Gasteiger charge is -2.35. The van der Waals surface area contributed by atoms with Gasteiger partial charge in [-0.05, 0) is 63.4 Å². The third-order valence-electron chi connectivity index (χ3n) is 11.0. The third-order valence-corrected chi connectivity index (χ3v) is 12.2. The van der Waals surface area contributed by atoms with Gasteiger partial charge < -0.3 is 4.57 Å². The molecule has 4 heteroatoms. The number of rotatable bonds is 3. The van der Waals surface area contributed by atoms with Crippen molar-refractivity contribution >= 4 is 64.2 Å². The zero-order valence-corrected chi connectivity index (χ0v) is 29.0. The summed E-state index contributed by atoms with van der Waals surface area (Å²) in [5.74, 6) is 0.741. The normalized spacial score (nSPS) is 13.5. The second kappa shape index (κ2) is 10.5. The highest BCUT2D eigenvalue weighted by Gasteiger charge is 2.36. The van der Waals surface area contributed by atoms with Crippen LogP contribution in [0.15, 0.2) is 152 Å². The molecule has 4 heterocycles. The highest BCUT2D eigenvalue weighted by Crippen LogP contribution is 2.51. The van der Waals surface area contributed by atoms with Crippen molar-refractivity contribution in [2.24, 2.45) is 0 Å². The highest BCUT2D eigenvalue weighted by molar-refractivity contribution is 7.25. The van der Waals surface area contributed by atoms with Gasteiger partial charge in [0.1, 0.15) is 4.83 Å². The fraction of sp³-hybridized carbons (Fsp3) is 0.0638. The summed E-state index contributed by atoms with van der Waals surface area (Å²) in [7, 11) is 0. The Balaban J connectivity index is 1.09. The topological polar surface area (TPSA) is 30.7 Å². The van der Waals surface area contributed by atoms with Gasteiger partial charge in [0.25, 0.3) is 0 Å². The van der Waals surface area contributed by atoms with Gasteiger partial charge in [0.15, 0.2) is 5.82 Å². The van der Waals surface area contributed by atoms with Crippen LogP contribution < -0.4 is 0 Å². The quantitative estimate of drug-likeness (QED) is 0.187. The first-order chi connectivity index (χ1) is 25.0. The van der Waals surface area contributed by atoms with E-state index >= 15 is 0 Å². The van der Waals surface area contributed by atoms with Crippen LogP contribution in [0.4, 0.5) is 0 Å². The van der Waals surface area contributed by atoms with Crippen LogP contribution in [0.25, 0.3) is 92.3 Å². The van der Waals surface area contributed by atoms with Crippen molar-refractivity contribution in [3.05, 3.63) is 163 Å². The lowest BCUT2D eigenvalue weighted by atomic mass is 9.74. The lowest BCUT2D eigenvalue weighted by molar-refractivity contribution is 0.630. The maximum absolute atomic E-state index is 5.29. The van der Waals surface area contributed by atoms with Gasteiger partial charge in [0, 0.05) is 42.8 Å². The molecular formula is C47H31N3S. The third kappa shape index (κ3) is 4.05. The van der Waals surface area contributed by atoms with Crippen LogP contribution in [0.3, 0.4) is 0 Å². The molecule has 7 aromatic carbocycles. The predicted octanol–water partition coefficient (Wildman–Crippen LogP) is 12.7. The van der Waals surface area contributed by atoms with Crippen LogP contribution >= 0.6 is 11.3 Å². The SMILES string of the molecule is CC1(C)c2cc(-c3cccc(-c4nc(-c5cccc6ccccc56)nc5ccccc45)c3)ccc2-n2c3sc4ccccc4c3c3cccc1c32. The van der Waals surface area contributed by atoms with E-state index in [1.807, 2.05) is 11.3 Å². The van der Waals surface area contributed by atoms with E-state index in [1.165, 1.54) is 64.5 Å². The Morgan fingerprint density at radius 2 is 1.25 bits per heavy atom. The van der Waals surface area contributed by atoms with Gasteiger partial charge in [-0.3, -0.25) is 0 Å². The second-order valence-electron chi connectivity index (χ2n) is 14.2. The molecule has 0 amide bonds. The molecule has 0 aliphatic carbocycles. The van der Waals surface area contributed by atoms with Gasteiger partial charge in [-0.2, -0.15) is 0 Å². The van der Waals surface area contributed by atoms with E-state index < -0.39 is 0 Å². The van der Waals surface area contributed by atoms with Gasteiger partial charge >= 0.3 is 0 Å². The van der Waals surface area contributed by atoms with Crippen molar-refractivity contribution in [2.45, 2.75) is 19.3 Å². The smallest absolute Gasteiger partial charge is 0.161 e. The molecule has 0 N–H and O–H groups in total. The summed E-state index contributed by atoms with van der Waals surface area (Å²) < 4.78 is 3.87. The van der Waals surface area contributed by atoms with E-state index in [9.17, 15) is 0 Å².